The van der Waals surface area contributed by atoms with Gasteiger partial charge in [0.05, 0.1) is 30.8 Å². The van der Waals surface area contributed by atoms with E-state index in [-0.39, 0.29) is 12.3 Å². The molecule has 1 aromatic heterocycles. The van der Waals surface area contributed by atoms with E-state index >= 15 is 0 Å². The number of anilines is 2. The number of carbonyl (C=O) groups excluding carboxylic acids is 1. The molecule has 3 aliphatic rings. The molecule has 2 N–H and O–H groups in total. The maximum atomic E-state index is 11.5. The maximum absolute atomic E-state index is 11.5. The van der Waals surface area contributed by atoms with Gasteiger partial charge in [-0.05, 0) is 37.8 Å². The van der Waals surface area contributed by atoms with Crippen molar-refractivity contribution in [2.45, 2.75) is 44.2 Å². The first-order valence-corrected chi connectivity index (χ1v) is 11.0. The Balaban J connectivity index is 1.26. The number of aromatic nitrogens is 2. The second-order valence-corrected chi connectivity index (χ2v) is 8.24. The van der Waals surface area contributed by atoms with Crippen molar-refractivity contribution in [2.24, 2.45) is 9.98 Å². The van der Waals surface area contributed by atoms with Crippen molar-refractivity contribution in [1.29, 1.82) is 0 Å². The Labute approximate surface area is 181 Å². The first kappa shape index (κ1) is 19.9. The fourth-order valence-corrected chi connectivity index (χ4v) is 4.50. The summed E-state index contributed by atoms with van der Waals surface area (Å²) in [6, 6.07) is 5.04. The van der Waals surface area contributed by atoms with Crippen molar-refractivity contribution in [3.05, 3.63) is 24.5 Å². The van der Waals surface area contributed by atoms with Crippen molar-refractivity contribution in [3.8, 4) is 0 Å². The Morgan fingerprint density at radius 3 is 2.48 bits per heavy atom. The van der Waals surface area contributed by atoms with E-state index in [2.05, 4.69) is 47.6 Å². The fourth-order valence-electron chi connectivity index (χ4n) is 4.50. The Morgan fingerprint density at radius 2 is 1.71 bits per heavy atom. The highest BCUT2D eigenvalue weighted by molar-refractivity contribution is 6.08. The number of benzene rings is 1. The number of hydrogen-bond acceptors (Lipinski definition) is 8. The van der Waals surface area contributed by atoms with E-state index in [0.717, 1.165) is 80.2 Å². The molecule has 2 aliphatic heterocycles. The van der Waals surface area contributed by atoms with E-state index in [1.807, 2.05) is 0 Å². The highest BCUT2D eigenvalue weighted by Gasteiger charge is 2.24. The van der Waals surface area contributed by atoms with Crippen LogP contribution >= 0.6 is 0 Å². The Kier molecular flexibility index (Phi) is 5.75. The molecule has 9 heteroatoms. The quantitative estimate of drug-likeness (QED) is 0.779. The summed E-state index contributed by atoms with van der Waals surface area (Å²) in [5.74, 6) is 0.594. The first-order chi connectivity index (χ1) is 15.2. The zero-order chi connectivity index (χ0) is 21.0. The van der Waals surface area contributed by atoms with Gasteiger partial charge in [0.15, 0.2) is 0 Å². The summed E-state index contributed by atoms with van der Waals surface area (Å²) in [5, 5.41) is 7.16. The van der Waals surface area contributed by atoms with Gasteiger partial charge >= 0.3 is 0 Å². The fraction of sp³-hybridized carbons (Fsp3) is 0.500. The molecule has 31 heavy (non-hydrogen) atoms. The average molecular weight is 422 g/mol. The summed E-state index contributed by atoms with van der Waals surface area (Å²) < 4.78 is 5.51. The third-order valence-corrected chi connectivity index (χ3v) is 6.13. The zero-order valence-corrected chi connectivity index (χ0v) is 17.5. The van der Waals surface area contributed by atoms with Crippen LogP contribution in [0.1, 0.15) is 32.1 Å². The number of amides is 1. The molecule has 1 aliphatic carbocycles. The summed E-state index contributed by atoms with van der Waals surface area (Å²) >= 11 is 0. The lowest BCUT2D eigenvalue weighted by atomic mass is 9.90. The second-order valence-electron chi connectivity index (χ2n) is 8.24. The van der Waals surface area contributed by atoms with E-state index in [9.17, 15) is 4.79 Å². The molecule has 5 rings (SSSR count). The van der Waals surface area contributed by atoms with Crippen molar-refractivity contribution >= 4 is 40.5 Å². The normalized spacial score (nSPS) is 24.2. The summed E-state index contributed by atoms with van der Waals surface area (Å²) in [6.45, 7) is 3.28. The predicted molar refractivity (Wildman–Crippen MR) is 121 cm³/mol. The number of amidine groups is 1. The van der Waals surface area contributed by atoms with Crippen LogP contribution in [0.4, 0.5) is 11.4 Å². The van der Waals surface area contributed by atoms with Gasteiger partial charge in [-0.1, -0.05) is 0 Å². The van der Waals surface area contributed by atoms with Crippen LogP contribution < -0.4 is 15.5 Å². The lowest BCUT2D eigenvalue weighted by Crippen LogP contribution is -2.41. The molecule has 3 heterocycles. The molecule has 0 bridgehead atoms. The average Bonchev–Trinajstić information content (AvgIpc) is 2.81. The van der Waals surface area contributed by atoms with Crippen LogP contribution in [0.3, 0.4) is 0 Å². The van der Waals surface area contributed by atoms with Crippen molar-refractivity contribution in [1.82, 2.24) is 15.3 Å². The second kappa shape index (κ2) is 8.97. The molecular formula is C22H27N7O2. The molecule has 1 amide bonds. The van der Waals surface area contributed by atoms with Gasteiger partial charge in [0, 0.05) is 43.3 Å². The molecule has 0 spiro atoms. The van der Waals surface area contributed by atoms with Crippen LogP contribution in [0, 0.1) is 0 Å². The van der Waals surface area contributed by atoms with Gasteiger partial charge in [0.2, 0.25) is 0 Å². The SMILES string of the molecule is O=C1CC(N[C@H]2CC[C@@H](Nc3cc(N4CCOCC4)cc4nccnc34)CC2)=NC=N1. The predicted octanol–water partition coefficient (Wildman–Crippen LogP) is 2.14. The Bertz CT molecular complexity index is 1010. The molecule has 2 fully saturated rings. The third kappa shape index (κ3) is 4.66. The maximum Gasteiger partial charge on any atom is 0.254 e. The van der Waals surface area contributed by atoms with Gasteiger partial charge in [-0.15, -0.1) is 0 Å². The minimum absolute atomic E-state index is 0.138. The molecule has 162 valence electrons. The highest BCUT2D eigenvalue weighted by Crippen LogP contribution is 2.31. The molecule has 1 saturated heterocycles. The molecule has 0 unspecified atom stereocenters. The number of aliphatic imine (C=N–C) groups is 2. The van der Waals surface area contributed by atoms with Gasteiger partial charge in [0.1, 0.15) is 17.7 Å². The first-order valence-electron chi connectivity index (χ1n) is 11.0. The van der Waals surface area contributed by atoms with Crippen LogP contribution in [0.25, 0.3) is 11.0 Å². The lowest BCUT2D eigenvalue weighted by Gasteiger charge is -2.32. The largest absolute Gasteiger partial charge is 0.380 e. The number of nitrogens with zero attached hydrogens (tertiary/aromatic N) is 5. The molecule has 9 nitrogen and oxygen atoms in total. The minimum atomic E-state index is -0.138. The summed E-state index contributed by atoms with van der Waals surface area (Å²) in [6.07, 6.45) is 9.23. The van der Waals surface area contributed by atoms with Gasteiger partial charge in [-0.3, -0.25) is 14.8 Å². The molecule has 2 aromatic rings. The minimum Gasteiger partial charge on any atom is -0.380 e. The summed E-state index contributed by atoms with van der Waals surface area (Å²) in [7, 11) is 0. The Hall–Kier alpha value is -3.07. The zero-order valence-electron chi connectivity index (χ0n) is 17.5. The molecule has 1 aromatic carbocycles. The summed E-state index contributed by atoms with van der Waals surface area (Å²) in [4.78, 5) is 30.8. The molecule has 0 atom stereocenters. The third-order valence-electron chi connectivity index (χ3n) is 6.13. The topological polar surface area (TPSA) is 104 Å². The number of nitrogens with one attached hydrogen (secondary N) is 2. The van der Waals surface area contributed by atoms with Crippen LogP contribution in [0.2, 0.25) is 0 Å². The number of fused-ring (bicyclic) bond motifs is 1. The Morgan fingerprint density at radius 1 is 0.968 bits per heavy atom. The molecular weight excluding hydrogens is 394 g/mol. The van der Waals surface area contributed by atoms with Gasteiger partial charge < -0.3 is 20.3 Å². The van der Waals surface area contributed by atoms with E-state index in [4.69, 9.17) is 4.74 Å². The monoisotopic (exact) mass is 421 g/mol. The van der Waals surface area contributed by atoms with Gasteiger partial charge in [-0.2, -0.15) is 0 Å². The van der Waals surface area contributed by atoms with Crippen molar-refractivity contribution in [2.75, 3.05) is 36.5 Å². The van der Waals surface area contributed by atoms with Crippen LogP contribution in [-0.4, -0.2) is 66.4 Å². The number of morpholine rings is 1. The van der Waals surface area contributed by atoms with Gasteiger partial charge in [0.25, 0.3) is 5.91 Å². The highest BCUT2D eigenvalue weighted by atomic mass is 16.5. The van der Waals surface area contributed by atoms with E-state index in [0.29, 0.717) is 12.1 Å². The van der Waals surface area contributed by atoms with Crippen molar-refractivity contribution < 1.29 is 9.53 Å². The van der Waals surface area contributed by atoms with Gasteiger partial charge in [-0.25, -0.2) is 9.98 Å². The van der Waals surface area contributed by atoms with E-state index < -0.39 is 0 Å². The number of ether oxygens (including phenoxy) is 1. The van der Waals surface area contributed by atoms with E-state index in [1.165, 1.54) is 6.34 Å². The molecule has 1 saturated carbocycles. The number of carbonyl (C=O) groups is 1. The lowest BCUT2D eigenvalue weighted by molar-refractivity contribution is -0.116. The molecule has 0 radical (unpaired) electrons. The number of hydrogen-bond donors (Lipinski definition) is 2. The van der Waals surface area contributed by atoms with Crippen molar-refractivity contribution in [3.63, 3.8) is 0 Å². The van der Waals surface area contributed by atoms with Crippen LogP contribution in [0.5, 0.6) is 0 Å². The number of rotatable bonds is 4. The summed E-state index contributed by atoms with van der Waals surface area (Å²) in [5.41, 5.74) is 4.03. The van der Waals surface area contributed by atoms with Crippen LogP contribution in [-0.2, 0) is 9.53 Å². The van der Waals surface area contributed by atoms with E-state index in [1.54, 1.807) is 12.4 Å². The smallest absolute Gasteiger partial charge is 0.254 e. The van der Waals surface area contributed by atoms with Crippen LogP contribution in [0.15, 0.2) is 34.5 Å². The standard InChI is InChI=1S/C22H27N7O2/c30-21-13-20(25-14-26-21)28-16-3-1-15(2-4-16)27-19-12-17(29-7-9-31-10-8-29)11-18-22(19)24-6-5-23-18/h5-6,11-12,14-16,27H,1-4,7-10,13H2,(H,25,26,28,30)/t15-,16+.